The van der Waals surface area contributed by atoms with E-state index < -0.39 is 5.97 Å². The fraction of sp³-hybridized carbons (Fsp3) is 0.429. The van der Waals surface area contributed by atoms with Crippen molar-refractivity contribution in [3.8, 4) is 0 Å². The predicted octanol–water partition coefficient (Wildman–Crippen LogP) is 3.41. The second-order valence-corrected chi connectivity index (χ2v) is 3.83. The summed E-state index contributed by atoms with van der Waals surface area (Å²) in [4.78, 5) is 13.4. The summed E-state index contributed by atoms with van der Waals surface area (Å²) in [5, 5.41) is 10.7. The van der Waals surface area contributed by atoms with E-state index in [-0.39, 0.29) is 0 Å². The molecular formula is C14H22N2O2. The zero-order chi connectivity index (χ0) is 13.8. The van der Waals surface area contributed by atoms with Gasteiger partial charge < -0.3 is 10.4 Å². The van der Waals surface area contributed by atoms with E-state index in [0.717, 1.165) is 31.4 Å². The second-order valence-electron chi connectivity index (χ2n) is 3.83. The van der Waals surface area contributed by atoms with Gasteiger partial charge in [0.25, 0.3) is 5.97 Å². The van der Waals surface area contributed by atoms with Gasteiger partial charge in [-0.25, -0.2) is 0 Å². The van der Waals surface area contributed by atoms with Crippen LogP contribution in [0.15, 0.2) is 35.3 Å². The number of carboxylic acids is 1. The summed E-state index contributed by atoms with van der Waals surface area (Å²) in [6, 6.07) is 10.1. The molecule has 0 radical (unpaired) electrons. The van der Waals surface area contributed by atoms with E-state index >= 15 is 0 Å². The van der Waals surface area contributed by atoms with Crippen molar-refractivity contribution in [1.82, 2.24) is 0 Å². The Morgan fingerprint density at radius 1 is 1.28 bits per heavy atom. The van der Waals surface area contributed by atoms with Crippen LogP contribution in [0, 0.1) is 0 Å². The molecule has 0 spiro atoms. The molecule has 1 rings (SSSR count). The highest BCUT2D eigenvalue weighted by atomic mass is 16.4. The molecule has 0 saturated heterocycles. The van der Waals surface area contributed by atoms with E-state index in [2.05, 4.69) is 17.2 Å². The number of aliphatic imine (C=N–C) groups is 1. The van der Waals surface area contributed by atoms with Gasteiger partial charge in [-0.05, 0) is 25.5 Å². The molecule has 0 amide bonds. The number of anilines is 1. The zero-order valence-electron chi connectivity index (χ0n) is 11.3. The number of unbranched alkanes of at least 4 members (excludes halogenated alkanes) is 1. The monoisotopic (exact) mass is 250 g/mol. The maximum Gasteiger partial charge on any atom is 0.300 e. The van der Waals surface area contributed by atoms with Crippen LogP contribution in [0.3, 0.4) is 0 Å². The fourth-order valence-electron chi connectivity index (χ4n) is 1.17. The Hall–Kier alpha value is -1.84. The number of nitrogens with zero attached hydrogens (tertiary/aromatic N) is 1. The van der Waals surface area contributed by atoms with Crippen LogP contribution in [0.4, 0.5) is 5.69 Å². The SMILES string of the molecule is CC(=O)O.CCCCN=C(C)Nc1ccccc1. The van der Waals surface area contributed by atoms with Crippen molar-refractivity contribution >= 4 is 17.5 Å². The van der Waals surface area contributed by atoms with Gasteiger partial charge in [0.15, 0.2) is 0 Å². The minimum absolute atomic E-state index is 0.833. The summed E-state index contributed by atoms with van der Waals surface area (Å²) in [5.41, 5.74) is 1.10. The van der Waals surface area contributed by atoms with Crippen molar-refractivity contribution in [3.63, 3.8) is 0 Å². The minimum atomic E-state index is -0.833. The van der Waals surface area contributed by atoms with E-state index in [1.54, 1.807) is 0 Å². The first-order valence-corrected chi connectivity index (χ1v) is 6.09. The van der Waals surface area contributed by atoms with Gasteiger partial charge in [-0.1, -0.05) is 31.5 Å². The molecule has 0 bridgehead atoms. The lowest BCUT2D eigenvalue weighted by Gasteiger charge is -2.04. The average molecular weight is 250 g/mol. The summed E-state index contributed by atoms with van der Waals surface area (Å²) in [7, 11) is 0. The molecule has 0 aromatic heterocycles. The molecule has 0 aliphatic rings. The smallest absolute Gasteiger partial charge is 0.300 e. The van der Waals surface area contributed by atoms with Gasteiger partial charge in [-0.2, -0.15) is 0 Å². The Balaban J connectivity index is 0.000000631. The number of amidine groups is 1. The first-order chi connectivity index (χ1) is 8.56. The standard InChI is InChI=1S/C12H18N2.C2H4O2/c1-3-4-10-13-11(2)14-12-8-6-5-7-9-12;1-2(3)4/h5-9H,3-4,10H2,1-2H3,(H,13,14);1H3,(H,3,4). The number of hydrogen-bond acceptors (Lipinski definition) is 2. The lowest BCUT2D eigenvalue weighted by Crippen LogP contribution is -2.07. The molecule has 2 N–H and O–H groups in total. The molecule has 100 valence electrons. The number of rotatable bonds is 4. The topological polar surface area (TPSA) is 61.7 Å². The molecule has 0 heterocycles. The van der Waals surface area contributed by atoms with Crippen LogP contribution in [0.2, 0.25) is 0 Å². The van der Waals surface area contributed by atoms with E-state index in [9.17, 15) is 0 Å². The van der Waals surface area contributed by atoms with Crippen LogP contribution >= 0.6 is 0 Å². The molecule has 4 nitrogen and oxygen atoms in total. The van der Waals surface area contributed by atoms with Gasteiger partial charge in [-0.3, -0.25) is 9.79 Å². The highest BCUT2D eigenvalue weighted by Crippen LogP contribution is 2.04. The van der Waals surface area contributed by atoms with Crippen molar-refractivity contribution in [2.75, 3.05) is 11.9 Å². The lowest BCUT2D eigenvalue weighted by molar-refractivity contribution is -0.134. The van der Waals surface area contributed by atoms with Gasteiger partial charge in [0, 0.05) is 19.2 Å². The van der Waals surface area contributed by atoms with Crippen molar-refractivity contribution in [2.24, 2.45) is 4.99 Å². The molecule has 0 aliphatic carbocycles. The van der Waals surface area contributed by atoms with Crippen molar-refractivity contribution in [1.29, 1.82) is 0 Å². The van der Waals surface area contributed by atoms with Crippen LogP contribution in [0.25, 0.3) is 0 Å². The first kappa shape index (κ1) is 16.2. The normalized spacial score (nSPS) is 10.3. The van der Waals surface area contributed by atoms with E-state index in [4.69, 9.17) is 9.90 Å². The van der Waals surface area contributed by atoms with Gasteiger partial charge >= 0.3 is 0 Å². The van der Waals surface area contributed by atoms with Crippen molar-refractivity contribution in [2.45, 2.75) is 33.6 Å². The highest BCUT2D eigenvalue weighted by molar-refractivity contribution is 5.93. The van der Waals surface area contributed by atoms with E-state index in [0.29, 0.717) is 0 Å². The molecule has 18 heavy (non-hydrogen) atoms. The Morgan fingerprint density at radius 2 is 1.83 bits per heavy atom. The number of carboxylic acid groups (broad SMARTS) is 1. The molecule has 0 aliphatic heterocycles. The quantitative estimate of drug-likeness (QED) is 0.489. The number of benzene rings is 1. The third kappa shape index (κ3) is 10.7. The Bertz CT molecular complexity index is 357. The largest absolute Gasteiger partial charge is 0.481 e. The minimum Gasteiger partial charge on any atom is -0.481 e. The van der Waals surface area contributed by atoms with E-state index in [1.165, 1.54) is 6.42 Å². The molecule has 1 aromatic carbocycles. The number of nitrogens with one attached hydrogen (secondary N) is 1. The Morgan fingerprint density at radius 3 is 2.33 bits per heavy atom. The summed E-state index contributed by atoms with van der Waals surface area (Å²) < 4.78 is 0. The molecule has 0 fully saturated rings. The van der Waals surface area contributed by atoms with E-state index in [1.807, 2.05) is 37.3 Å². The average Bonchev–Trinajstić information content (AvgIpc) is 2.30. The van der Waals surface area contributed by atoms with Gasteiger partial charge in [0.1, 0.15) is 0 Å². The lowest BCUT2D eigenvalue weighted by atomic mass is 10.3. The zero-order valence-corrected chi connectivity index (χ0v) is 11.3. The Kier molecular flexibility index (Phi) is 9.27. The van der Waals surface area contributed by atoms with Crippen LogP contribution in [-0.2, 0) is 4.79 Å². The van der Waals surface area contributed by atoms with Gasteiger partial charge in [-0.15, -0.1) is 0 Å². The summed E-state index contributed by atoms with van der Waals surface area (Å²) in [6.45, 7) is 6.18. The molecule has 1 aromatic rings. The van der Waals surface area contributed by atoms with Gasteiger partial charge in [0.05, 0.1) is 5.84 Å². The number of hydrogen-bond donors (Lipinski definition) is 2. The summed E-state index contributed by atoms with van der Waals surface area (Å²) >= 11 is 0. The Labute approximate surface area is 109 Å². The van der Waals surface area contributed by atoms with Crippen LogP contribution in [0.1, 0.15) is 33.6 Å². The van der Waals surface area contributed by atoms with Crippen LogP contribution < -0.4 is 5.32 Å². The van der Waals surface area contributed by atoms with Crippen LogP contribution in [-0.4, -0.2) is 23.5 Å². The summed E-state index contributed by atoms with van der Waals surface area (Å²) in [5.74, 6) is 0.157. The fourth-order valence-corrected chi connectivity index (χ4v) is 1.17. The first-order valence-electron chi connectivity index (χ1n) is 6.09. The van der Waals surface area contributed by atoms with Crippen LogP contribution in [0.5, 0.6) is 0 Å². The second kappa shape index (κ2) is 10.3. The molecule has 0 atom stereocenters. The van der Waals surface area contributed by atoms with Gasteiger partial charge in [0.2, 0.25) is 0 Å². The molecule has 4 heteroatoms. The molecule has 0 unspecified atom stereocenters. The highest BCUT2D eigenvalue weighted by Gasteiger charge is 1.91. The maximum atomic E-state index is 9.00. The molecular weight excluding hydrogens is 228 g/mol. The maximum absolute atomic E-state index is 9.00. The third-order valence-electron chi connectivity index (χ3n) is 1.96. The number of carbonyl (C=O) groups is 1. The number of para-hydroxylation sites is 1. The van der Waals surface area contributed by atoms with Crippen molar-refractivity contribution in [3.05, 3.63) is 30.3 Å². The summed E-state index contributed by atoms with van der Waals surface area (Å²) in [6.07, 6.45) is 2.36. The third-order valence-corrected chi connectivity index (χ3v) is 1.96. The van der Waals surface area contributed by atoms with Crippen molar-refractivity contribution < 1.29 is 9.90 Å². The molecule has 0 saturated carbocycles. The number of aliphatic carboxylic acids is 1. The predicted molar refractivity (Wildman–Crippen MR) is 76.3 cm³/mol.